The van der Waals surface area contributed by atoms with Crippen LogP contribution in [-0.2, 0) is 0 Å². The molecule has 1 aromatic rings. The van der Waals surface area contributed by atoms with E-state index in [0.29, 0.717) is 0 Å². The first-order valence-electron chi connectivity index (χ1n) is 3.78. The average Bonchev–Trinajstić information content (AvgIpc) is 2.20. The Morgan fingerprint density at radius 3 is 2.36 bits per heavy atom. The number of carbonyl (C=O) groups is 1. The summed E-state index contributed by atoms with van der Waals surface area (Å²) >= 11 is 0. The number of hydrogen-bond donors (Lipinski definition) is 0. The van der Waals surface area contributed by atoms with Gasteiger partial charge in [-0.05, 0) is 12.1 Å². The second-order valence-corrected chi connectivity index (χ2v) is 2.54. The molecule has 1 rings (SSSR count). The lowest BCUT2D eigenvalue weighted by atomic mass is 10.00. The number of rotatable bonds is 2. The van der Waals surface area contributed by atoms with E-state index in [2.05, 4.69) is 0 Å². The van der Waals surface area contributed by atoms with Crippen molar-refractivity contribution in [3.63, 3.8) is 0 Å². The van der Waals surface area contributed by atoms with Gasteiger partial charge in [0.2, 0.25) is 0 Å². The van der Waals surface area contributed by atoms with Gasteiger partial charge in [-0.1, -0.05) is 12.1 Å². The van der Waals surface area contributed by atoms with Crippen molar-refractivity contribution < 1.29 is 9.18 Å². The molecule has 68 valence electrons. The van der Waals surface area contributed by atoms with Crippen molar-refractivity contribution in [3.05, 3.63) is 35.6 Å². The van der Waals surface area contributed by atoms with Crippen LogP contribution in [0.4, 0.5) is 4.39 Å². The highest BCUT2D eigenvalue weighted by Crippen LogP contribution is 2.11. The molecule has 0 heterocycles. The van der Waals surface area contributed by atoms with Crippen LogP contribution in [0.3, 0.4) is 0 Å². The first-order chi connectivity index (χ1) is 6.70. The molecule has 14 heavy (non-hydrogen) atoms. The van der Waals surface area contributed by atoms with Gasteiger partial charge in [-0.3, -0.25) is 4.79 Å². The molecule has 1 aromatic carbocycles. The highest BCUT2D eigenvalue weighted by Gasteiger charge is 2.21. The Morgan fingerprint density at radius 1 is 1.29 bits per heavy atom. The van der Waals surface area contributed by atoms with Gasteiger partial charge in [0.25, 0.3) is 0 Å². The number of carbonyl (C=O) groups excluding carboxylic acids is 1. The Morgan fingerprint density at radius 2 is 1.86 bits per heavy atom. The molecule has 0 N–H and O–H groups in total. The summed E-state index contributed by atoms with van der Waals surface area (Å²) in [4.78, 5) is 11.3. The maximum Gasteiger partial charge on any atom is 0.197 e. The van der Waals surface area contributed by atoms with Crippen LogP contribution < -0.4 is 0 Å². The molecule has 4 heteroatoms. The molecule has 0 aromatic heterocycles. The smallest absolute Gasteiger partial charge is 0.197 e. The van der Waals surface area contributed by atoms with Gasteiger partial charge >= 0.3 is 0 Å². The molecule has 0 aliphatic rings. The van der Waals surface area contributed by atoms with E-state index >= 15 is 0 Å². The summed E-state index contributed by atoms with van der Waals surface area (Å²) in [5, 5.41) is 16.9. The van der Waals surface area contributed by atoms with Crippen molar-refractivity contribution in [2.45, 2.75) is 0 Å². The molecular weight excluding hydrogens is 183 g/mol. The molecule has 0 aliphatic heterocycles. The van der Waals surface area contributed by atoms with Crippen molar-refractivity contribution in [2.75, 3.05) is 0 Å². The average molecular weight is 188 g/mol. The van der Waals surface area contributed by atoms with E-state index in [1.54, 1.807) is 0 Å². The van der Waals surface area contributed by atoms with E-state index in [-0.39, 0.29) is 5.56 Å². The largest absolute Gasteiger partial charge is 0.291 e. The Balaban J connectivity index is 3.09. The maximum atomic E-state index is 13.0. The molecule has 0 atom stereocenters. The number of ketones is 1. The minimum atomic E-state index is -1.44. The van der Waals surface area contributed by atoms with Crippen LogP contribution in [-0.4, -0.2) is 5.78 Å². The van der Waals surface area contributed by atoms with Crippen molar-refractivity contribution in [1.29, 1.82) is 10.5 Å². The third kappa shape index (κ3) is 1.75. The summed E-state index contributed by atoms with van der Waals surface area (Å²) in [6.45, 7) is 0. The summed E-state index contributed by atoms with van der Waals surface area (Å²) in [5.41, 5.74) is -0.222. The number of hydrogen-bond acceptors (Lipinski definition) is 3. The zero-order chi connectivity index (χ0) is 10.6. The number of nitrogens with zero attached hydrogens (tertiary/aromatic N) is 2. The lowest BCUT2D eigenvalue weighted by Crippen LogP contribution is -2.12. The lowest BCUT2D eigenvalue weighted by Gasteiger charge is -2.00. The van der Waals surface area contributed by atoms with Gasteiger partial charge in [-0.25, -0.2) is 4.39 Å². The third-order valence-electron chi connectivity index (χ3n) is 1.66. The minimum absolute atomic E-state index is 0.222. The molecule has 0 amide bonds. The zero-order valence-corrected chi connectivity index (χ0v) is 7.07. The van der Waals surface area contributed by atoms with Crippen LogP contribution >= 0.6 is 0 Å². The fourth-order valence-electron chi connectivity index (χ4n) is 0.963. The van der Waals surface area contributed by atoms with Gasteiger partial charge in [-0.2, -0.15) is 10.5 Å². The standard InChI is InChI=1S/C10H5FN2O/c11-9-4-2-1-3-8(9)10(14)7(5-12)6-13/h1-4,7H. The van der Waals surface area contributed by atoms with Crippen LogP contribution in [0.5, 0.6) is 0 Å². The molecule has 0 saturated carbocycles. The Bertz CT molecular complexity index is 428. The maximum absolute atomic E-state index is 13.0. The number of Topliss-reactive ketones (excluding diaryl/α,β-unsaturated/α-hetero) is 1. The SMILES string of the molecule is N#CC(C#N)C(=O)c1ccccc1F. The van der Waals surface area contributed by atoms with E-state index < -0.39 is 17.5 Å². The van der Waals surface area contributed by atoms with Gasteiger partial charge in [-0.15, -0.1) is 0 Å². The van der Waals surface area contributed by atoms with E-state index in [9.17, 15) is 9.18 Å². The van der Waals surface area contributed by atoms with Crippen LogP contribution in [0.15, 0.2) is 24.3 Å². The van der Waals surface area contributed by atoms with E-state index in [1.165, 1.54) is 30.3 Å². The summed E-state index contributed by atoms with van der Waals surface area (Å²) < 4.78 is 13.0. The first-order valence-corrected chi connectivity index (χ1v) is 3.78. The number of halogens is 1. The highest BCUT2D eigenvalue weighted by molar-refractivity contribution is 6.01. The summed E-state index contributed by atoms with van der Waals surface area (Å²) in [6.07, 6.45) is 0. The lowest BCUT2D eigenvalue weighted by molar-refractivity contribution is 0.0967. The fourth-order valence-corrected chi connectivity index (χ4v) is 0.963. The van der Waals surface area contributed by atoms with E-state index in [4.69, 9.17) is 10.5 Å². The third-order valence-corrected chi connectivity index (χ3v) is 1.66. The Labute approximate surface area is 80.0 Å². The van der Waals surface area contributed by atoms with Crippen LogP contribution in [0.25, 0.3) is 0 Å². The molecule has 0 fully saturated rings. The van der Waals surface area contributed by atoms with Gasteiger partial charge in [0, 0.05) is 0 Å². The van der Waals surface area contributed by atoms with Gasteiger partial charge < -0.3 is 0 Å². The van der Waals surface area contributed by atoms with Crippen LogP contribution in [0.2, 0.25) is 0 Å². The fraction of sp³-hybridized carbons (Fsp3) is 0.100. The minimum Gasteiger partial charge on any atom is -0.291 e. The topological polar surface area (TPSA) is 64.7 Å². The molecular formula is C10H5FN2O. The van der Waals surface area contributed by atoms with Crippen LogP contribution in [0, 0.1) is 34.4 Å². The quantitative estimate of drug-likeness (QED) is 0.663. The molecule has 0 aliphatic carbocycles. The summed E-state index contributed by atoms with van der Waals surface area (Å²) in [7, 11) is 0. The molecule has 0 bridgehead atoms. The second-order valence-electron chi connectivity index (χ2n) is 2.54. The molecule has 3 nitrogen and oxygen atoms in total. The molecule has 0 spiro atoms. The molecule has 0 saturated heterocycles. The van der Waals surface area contributed by atoms with Gasteiger partial charge in [0.05, 0.1) is 17.7 Å². The van der Waals surface area contributed by atoms with E-state index in [0.717, 1.165) is 6.07 Å². The number of benzene rings is 1. The van der Waals surface area contributed by atoms with Crippen molar-refractivity contribution >= 4 is 5.78 Å². The van der Waals surface area contributed by atoms with Crippen molar-refractivity contribution in [3.8, 4) is 12.1 Å². The Kier molecular flexibility index (Phi) is 2.93. The van der Waals surface area contributed by atoms with Crippen molar-refractivity contribution in [2.24, 2.45) is 5.92 Å². The summed E-state index contributed by atoms with van der Waals surface area (Å²) in [6, 6.07) is 8.26. The predicted molar refractivity (Wildman–Crippen MR) is 45.4 cm³/mol. The summed E-state index contributed by atoms with van der Waals surface area (Å²) in [5.74, 6) is -2.95. The monoisotopic (exact) mass is 188 g/mol. The predicted octanol–water partition coefficient (Wildman–Crippen LogP) is 1.67. The zero-order valence-electron chi connectivity index (χ0n) is 7.07. The number of nitriles is 2. The highest BCUT2D eigenvalue weighted by atomic mass is 19.1. The first kappa shape index (κ1) is 9.88. The van der Waals surface area contributed by atoms with Crippen LogP contribution in [0.1, 0.15) is 10.4 Å². The van der Waals surface area contributed by atoms with E-state index in [1.807, 2.05) is 0 Å². The normalized spacial score (nSPS) is 9.14. The molecule has 0 unspecified atom stereocenters. The molecule has 0 radical (unpaired) electrons. The van der Waals surface area contributed by atoms with Gasteiger partial charge in [0.1, 0.15) is 5.82 Å². The van der Waals surface area contributed by atoms with Crippen molar-refractivity contribution in [1.82, 2.24) is 0 Å². The Hall–Kier alpha value is -2.20. The second kappa shape index (κ2) is 4.15. The van der Waals surface area contributed by atoms with Gasteiger partial charge in [0.15, 0.2) is 11.7 Å².